The van der Waals surface area contributed by atoms with Crippen molar-refractivity contribution in [2.75, 3.05) is 28.6 Å². The molecule has 1 saturated heterocycles. The second kappa shape index (κ2) is 8.34. The zero-order valence-electron chi connectivity index (χ0n) is 16.3. The van der Waals surface area contributed by atoms with Crippen LogP contribution in [0.2, 0.25) is 0 Å². The molecule has 6 nitrogen and oxygen atoms in total. The Morgan fingerprint density at radius 3 is 2.38 bits per heavy atom. The number of halogens is 1. The average Bonchev–Trinajstić information content (AvgIpc) is 3.10. The van der Waals surface area contributed by atoms with Crippen molar-refractivity contribution in [2.24, 2.45) is 0 Å². The van der Waals surface area contributed by atoms with Gasteiger partial charge < -0.3 is 15.5 Å². The molecular weight excluding hydrogens is 369 g/mol. The van der Waals surface area contributed by atoms with Crippen LogP contribution in [0.1, 0.15) is 25.0 Å². The highest BCUT2D eigenvalue weighted by molar-refractivity contribution is 6.02. The van der Waals surface area contributed by atoms with Crippen molar-refractivity contribution >= 4 is 23.1 Å². The third kappa shape index (κ3) is 4.39. The number of hydrogen-bond acceptors (Lipinski definition) is 3. The Morgan fingerprint density at radius 1 is 1.00 bits per heavy atom. The summed E-state index contributed by atoms with van der Waals surface area (Å²) in [5, 5.41) is 12.9. The lowest BCUT2D eigenvalue weighted by molar-refractivity contribution is 0.262. The number of hydrogen-bond donors (Lipinski definition) is 3. The van der Waals surface area contributed by atoms with Gasteiger partial charge in [-0.3, -0.25) is 5.10 Å². The van der Waals surface area contributed by atoms with Gasteiger partial charge in [-0.2, -0.15) is 5.10 Å². The van der Waals surface area contributed by atoms with Gasteiger partial charge in [0.15, 0.2) is 0 Å². The van der Waals surface area contributed by atoms with E-state index in [0.29, 0.717) is 17.1 Å². The largest absolute Gasteiger partial charge is 0.372 e. The summed E-state index contributed by atoms with van der Waals surface area (Å²) < 4.78 is 13.0. The fourth-order valence-electron chi connectivity index (χ4n) is 3.58. The van der Waals surface area contributed by atoms with Gasteiger partial charge in [0.1, 0.15) is 11.5 Å². The summed E-state index contributed by atoms with van der Waals surface area (Å²) >= 11 is 0. The molecule has 3 aromatic rings. The maximum Gasteiger partial charge on any atom is 0.323 e. The van der Waals surface area contributed by atoms with Gasteiger partial charge in [-0.1, -0.05) is 12.1 Å². The smallest absolute Gasteiger partial charge is 0.323 e. The lowest BCUT2D eigenvalue weighted by Crippen LogP contribution is -2.29. The number of anilines is 3. The number of carbonyl (C=O) groups excluding carboxylic acids is 1. The highest BCUT2D eigenvalue weighted by Crippen LogP contribution is 2.30. The molecule has 0 atom stereocenters. The molecule has 0 spiro atoms. The zero-order valence-corrected chi connectivity index (χ0v) is 16.3. The van der Waals surface area contributed by atoms with E-state index in [4.69, 9.17) is 0 Å². The fraction of sp³-hybridized carbons (Fsp3) is 0.273. The quantitative estimate of drug-likeness (QED) is 0.573. The van der Waals surface area contributed by atoms with E-state index < -0.39 is 6.03 Å². The molecule has 29 heavy (non-hydrogen) atoms. The van der Waals surface area contributed by atoms with Crippen LogP contribution in [0.25, 0.3) is 11.3 Å². The van der Waals surface area contributed by atoms with Gasteiger partial charge in [0.25, 0.3) is 0 Å². The summed E-state index contributed by atoms with van der Waals surface area (Å²) in [6, 6.07) is 13.5. The van der Waals surface area contributed by atoms with E-state index in [-0.39, 0.29) is 5.82 Å². The Morgan fingerprint density at radius 2 is 1.69 bits per heavy atom. The van der Waals surface area contributed by atoms with Gasteiger partial charge in [0.2, 0.25) is 0 Å². The molecule has 4 rings (SSSR count). The predicted octanol–water partition coefficient (Wildman–Crippen LogP) is 5.16. The summed E-state index contributed by atoms with van der Waals surface area (Å²) in [5.74, 6) is -0.350. The molecule has 7 heteroatoms. The number of aromatic amines is 1. The van der Waals surface area contributed by atoms with E-state index >= 15 is 0 Å². The van der Waals surface area contributed by atoms with E-state index in [2.05, 4.69) is 37.9 Å². The van der Waals surface area contributed by atoms with Gasteiger partial charge in [-0.15, -0.1) is 0 Å². The summed E-state index contributed by atoms with van der Waals surface area (Å²) in [6.45, 7) is 4.04. The summed E-state index contributed by atoms with van der Waals surface area (Å²) in [7, 11) is 0. The third-order valence-electron chi connectivity index (χ3n) is 5.15. The van der Waals surface area contributed by atoms with Crippen molar-refractivity contribution < 1.29 is 9.18 Å². The lowest BCUT2D eigenvalue weighted by Gasteiger charge is -2.28. The lowest BCUT2D eigenvalue weighted by atomic mass is 10.1. The molecule has 150 valence electrons. The molecule has 1 aliphatic rings. The first-order valence-corrected chi connectivity index (χ1v) is 9.84. The number of H-pyrrole nitrogens is 1. The van der Waals surface area contributed by atoms with Crippen LogP contribution in [-0.4, -0.2) is 29.3 Å². The van der Waals surface area contributed by atoms with Crippen LogP contribution in [-0.2, 0) is 0 Å². The van der Waals surface area contributed by atoms with Gasteiger partial charge >= 0.3 is 6.03 Å². The highest BCUT2D eigenvalue weighted by Gasteiger charge is 2.16. The van der Waals surface area contributed by atoms with Crippen LogP contribution < -0.4 is 15.5 Å². The van der Waals surface area contributed by atoms with Crippen LogP contribution in [0, 0.1) is 12.7 Å². The molecule has 0 unspecified atom stereocenters. The van der Waals surface area contributed by atoms with E-state index in [1.807, 2.05) is 19.1 Å². The van der Waals surface area contributed by atoms with E-state index in [9.17, 15) is 9.18 Å². The van der Waals surface area contributed by atoms with Gasteiger partial charge in [-0.25, -0.2) is 9.18 Å². The van der Waals surface area contributed by atoms with Gasteiger partial charge in [0.05, 0.1) is 11.4 Å². The molecule has 1 fully saturated rings. The Hall–Kier alpha value is -3.35. The molecule has 1 aromatic heterocycles. The number of carbonyl (C=O) groups is 1. The Balaban J connectivity index is 1.49. The van der Waals surface area contributed by atoms with Crippen molar-refractivity contribution in [1.82, 2.24) is 10.2 Å². The van der Waals surface area contributed by atoms with E-state index in [1.54, 1.807) is 0 Å². The second-order valence-electron chi connectivity index (χ2n) is 7.25. The van der Waals surface area contributed by atoms with Crippen LogP contribution >= 0.6 is 0 Å². The average molecular weight is 393 g/mol. The number of amides is 2. The van der Waals surface area contributed by atoms with Crippen LogP contribution in [0.3, 0.4) is 0 Å². The minimum Gasteiger partial charge on any atom is -0.372 e. The van der Waals surface area contributed by atoms with Gasteiger partial charge in [0, 0.05) is 30.0 Å². The first-order valence-electron chi connectivity index (χ1n) is 9.84. The molecule has 0 saturated carbocycles. The van der Waals surface area contributed by atoms with Crippen molar-refractivity contribution in [2.45, 2.75) is 26.2 Å². The number of aromatic nitrogens is 2. The molecular formula is C22H24FN5O. The minimum absolute atomic E-state index is 0.350. The molecule has 3 N–H and O–H groups in total. The summed E-state index contributed by atoms with van der Waals surface area (Å²) in [6.07, 6.45) is 3.77. The number of benzene rings is 2. The Bertz CT molecular complexity index is 975. The predicted molar refractivity (Wildman–Crippen MR) is 114 cm³/mol. The van der Waals surface area contributed by atoms with E-state index in [0.717, 1.165) is 24.3 Å². The number of rotatable bonds is 4. The maximum absolute atomic E-state index is 13.0. The van der Waals surface area contributed by atoms with Crippen LogP contribution in [0.4, 0.5) is 26.2 Å². The highest BCUT2D eigenvalue weighted by atomic mass is 19.1. The monoisotopic (exact) mass is 393 g/mol. The molecule has 2 aromatic carbocycles. The number of nitrogens with zero attached hydrogens (tertiary/aromatic N) is 2. The van der Waals surface area contributed by atoms with Crippen LogP contribution in [0.5, 0.6) is 0 Å². The standard InChI is InChI=1S/C22H24FN5O/c1-15-20(25-22(29)24-18-9-7-17(23)8-10-18)21(27-26-15)16-5-11-19(12-6-16)28-13-3-2-4-14-28/h5-12H,2-4,13-14H2,1H3,(H,26,27)(H2,24,25,29). The second-order valence-corrected chi connectivity index (χ2v) is 7.25. The first kappa shape index (κ1) is 19.0. The molecule has 2 heterocycles. The van der Waals surface area contributed by atoms with E-state index in [1.165, 1.54) is 49.2 Å². The number of aryl methyl sites for hydroxylation is 1. The topological polar surface area (TPSA) is 73.0 Å². The Labute approximate surface area is 169 Å². The zero-order chi connectivity index (χ0) is 20.2. The first-order chi connectivity index (χ1) is 14.1. The molecule has 2 amide bonds. The number of piperidine rings is 1. The van der Waals surface area contributed by atoms with Crippen molar-refractivity contribution in [1.29, 1.82) is 0 Å². The SMILES string of the molecule is Cc1[nH]nc(-c2ccc(N3CCCCC3)cc2)c1NC(=O)Nc1ccc(F)cc1. The van der Waals surface area contributed by atoms with Crippen molar-refractivity contribution in [3.63, 3.8) is 0 Å². The maximum atomic E-state index is 13.0. The molecule has 0 aliphatic carbocycles. The number of nitrogens with one attached hydrogen (secondary N) is 3. The van der Waals surface area contributed by atoms with Gasteiger partial charge in [-0.05, 0) is 62.6 Å². The molecule has 0 radical (unpaired) electrons. The molecule has 1 aliphatic heterocycles. The Kier molecular flexibility index (Phi) is 5.46. The fourth-order valence-corrected chi connectivity index (χ4v) is 3.58. The summed E-state index contributed by atoms with van der Waals surface area (Å²) in [5.41, 5.74) is 4.71. The normalized spacial score (nSPS) is 13.9. The van der Waals surface area contributed by atoms with Crippen molar-refractivity contribution in [3.05, 3.63) is 60.0 Å². The van der Waals surface area contributed by atoms with Crippen molar-refractivity contribution in [3.8, 4) is 11.3 Å². The molecule has 0 bridgehead atoms. The van der Waals surface area contributed by atoms with Crippen LogP contribution in [0.15, 0.2) is 48.5 Å². The summed E-state index contributed by atoms with van der Waals surface area (Å²) in [4.78, 5) is 14.8. The number of urea groups is 1. The minimum atomic E-state index is -0.410. The third-order valence-corrected chi connectivity index (χ3v) is 5.15.